The standard InChI is InChI=1S/C9H22N2O4S2/c1-3-5-7-10-16(12,13)9-17(14,15)11-8-6-4-2/h10-11H,3-9H2,1-2H3. The quantitative estimate of drug-likeness (QED) is 0.568. The van der Waals surface area contributed by atoms with Crippen molar-refractivity contribution in [3.05, 3.63) is 0 Å². The van der Waals surface area contributed by atoms with E-state index in [2.05, 4.69) is 9.44 Å². The average molecular weight is 286 g/mol. The molecule has 6 nitrogen and oxygen atoms in total. The Morgan fingerprint density at radius 2 is 1.12 bits per heavy atom. The molecular weight excluding hydrogens is 264 g/mol. The highest BCUT2D eigenvalue weighted by molar-refractivity contribution is 8.06. The van der Waals surface area contributed by atoms with Gasteiger partial charge in [0.2, 0.25) is 20.0 Å². The molecule has 0 saturated heterocycles. The van der Waals surface area contributed by atoms with Gasteiger partial charge in [-0.05, 0) is 12.8 Å². The van der Waals surface area contributed by atoms with E-state index in [9.17, 15) is 16.8 Å². The van der Waals surface area contributed by atoms with Crippen LogP contribution in [0.5, 0.6) is 0 Å². The van der Waals surface area contributed by atoms with Crippen molar-refractivity contribution in [3.63, 3.8) is 0 Å². The van der Waals surface area contributed by atoms with Crippen LogP contribution in [-0.2, 0) is 20.0 Å². The molecule has 0 aliphatic carbocycles. The van der Waals surface area contributed by atoms with Crippen molar-refractivity contribution in [2.24, 2.45) is 0 Å². The molecule has 2 N–H and O–H groups in total. The number of unbranched alkanes of at least 4 members (excludes halogenated alkanes) is 2. The largest absolute Gasteiger partial charge is 0.227 e. The van der Waals surface area contributed by atoms with E-state index < -0.39 is 25.1 Å². The van der Waals surface area contributed by atoms with E-state index in [0.29, 0.717) is 12.8 Å². The van der Waals surface area contributed by atoms with Crippen molar-refractivity contribution in [1.29, 1.82) is 0 Å². The van der Waals surface area contributed by atoms with Gasteiger partial charge in [-0.25, -0.2) is 26.3 Å². The van der Waals surface area contributed by atoms with Gasteiger partial charge in [0.1, 0.15) is 0 Å². The predicted octanol–water partition coefficient (Wildman–Crippen LogP) is 0.383. The molecule has 0 heterocycles. The summed E-state index contributed by atoms with van der Waals surface area (Å²) in [7, 11) is -7.50. The van der Waals surface area contributed by atoms with Gasteiger partial charge < -0.3 is 0 Å². The summed E-state index contributed by atoms with van der Waals surface area (Å²) in [5.74, 6) is 0. The molecule has 0 aliphatic heterocycles. The summed E-state index contributed by atoms with van der Waals surface area (Å²) in [4.78, 5) is 0. The Labute approximate surface area is 104 Å². The van der Waals surface area contributed by atoms with Gasteiger partial charge in [0.25, 0.3) is 0 Å². The number of sulfonamides is 2. The summed E-state index contributed by atoms with van der Waals surface area (Å²) in [6.45, 7) is 4.42. The Kier molecular flexibility index (Phi) is 7.93. The maximum absolute atomic E-state index is 11.4. The average Bonchev–Trinajstić information content (AvgIpc) is 2.16. The van der Waals surface area contributed by atoms with Gasteiger partial charge in [0, 0.05) is 13.1 Å². The van der Waals surface area contributed by atoms with Crippen molar-refractivity contribution in [2.75, 3.05) is 18.2 Å². The molecule has 0 rings (SSSR count). The van der Waals surface area contributed by atoms with Gasteiger partial charge in [0.15, 0.2) is 5.08 Å². The Morgan fingerprint density at radius 1 is 0.765 bits per heavy atom. The highest BCUT2D eigenvalue weighted by atomic mass is 32.3. The van der Waals surface area contributed by atoms with E-state index in [1.807, 2.05) is 13.8 Å². The van der Waals surface area contributed by atoms with Crippen LogP contribution in [0.4, 0.5) is 0 Å². The molecule has 0 aliphatic rings. The van der Waals surface area contributed by atoms with Crippen LogP contribution in [0.3, 0.4) is 0 Å². The molecule has 0 radical (unpaired) electrons. The Bertz CT molecular complexity index is 351. The van der Waals surface area contributed by atoms with Crippen LogP contribution in [-0.4, -0.2) is 35.0 Å². The van der Waals surface area contributed by atoms with Crippen LogP contribution < -0.4 is 9.44 Å². The zero-order valence-corrected chi connectivity index (χ0v) is 12.0. The summed E-state index contributed by atoms with van der Waals surface area (Å²) in [5.41, 5.74) is 0. The molecule has 8 heteroatoms. The molecule has 0 spiro atoms. The van der Waals surface area contributed by atoms with Crippen LogP contribution in [0, 0.1) is 0 Å². The second kappa shape index (κ2) is 8.02. The molecule has 0 unspecified atom stereocenters. The third-order valence-electron chi connectivity index (χ3n) is 2.01. The van der Waals surface area contributed by atoms with E-state index in [-0.39, 0.29) is 13.1 Å². The van der Waals surface area contributed by atoms with Crippen LogP contribution in [0.2, 0.25) is 0 Å². The molecule has 17 heavy (non-hydrogen) atoms. The number of hydrogen-bond donors (Lipinski definition) is 2. The van der Waals surface area contributed by atoms with E-state index in [1.54, 1.807) is 0 Å². The fraction of sp³-hybridized carbons (Fsp3) is 1.00. The van der Waals surface area contributed by atoms with Gasteiger partial charge in [-0.1, -0.05) is 26.7 Å². The lowest BCUT2D eigenvalue weighted by atomic mass is 10.3. The van der Waals surface area contributed by atoms with E-state index in [0.717, 1.165) is 12.8 Å². The third kappa shape index (κ3) is 9.51. The van der Waals surface area contributed by atoms with Gasteiger partial charge in [0.05, 0.1) is 0 Å². The zero-order valence-electron chi connectivity index (χ0n) is 10.4. The molecule has 0 bridgehead atoms. The lowest BCUT2D eigenvalue weighted by Gasteiger charge is -2.08. The normalized spacial score (nSPS) is 12.8. The summed E-state index contributed by atoms with van der Waals surface area (Å²) < 4.78 is 50.2. The van der Waals surface area contributed by atoms with Gasteiger partial charge in [-0.2, -0.15) is 0 Å². The lowest BCUT2D eigenvalue weighted by Crippen LogP contribution is -2.36. The van der Waals surface area contributed by atoms with Crippen LogP contribution >= 0.6 is 0 Å². The highest BCUT2D eigenvalue weighted by Gasteiger charge is 2.20. The molecular formula is C9H22N2O4S2. The van der Waals surface area contributed by atoms with E-state index in [4.69, 9.17) is 0 Å². The second-order valence-electron chi connectivity index (χ2n) is 3.84. The topological polar surface area (TPSA) is 92.3 Å². The van der Waals surface area contributed by atoms with Crippen molar-refractivity contribution in [3.8, 4) is 0 Å². The molecule has 0 fully saturated rings. The monoisotopic (exact) mass is 286 g/mol. The van der Waals surface area contributed by atoms with E-state index in [1.165, 1.54) is 0 Å². The second-order valence-corrected chi connectivity index (χ2v) is 7.82. The summed E-state index contributed by atoms with van der Waals surface area (Å²) >= 11 is 0. The molecule has 0 amide bonds. The van der Waals surface area contributed by atoms with E-state index >= 15 is 0 Å². The number of hydrogen-bond acceptors (Lipinski definition) is 4. The van der Waals surface area contributed by atoms with Crippen molar-refractivity contribution >= 4 is 20.0 Å². The van der Waals surface area contributed by atoms with Gasteiger partial charge >= 0.3 is 0 Å². The molecule has 0 atom stereocenters. The van der Waals surface area contributed by atoms with Crippen LogP contribution in [0.1, 0.15) is 39.5 Å². The first-order valence-electron chi connectivity index (χ1n) is 5.77. The highest BCUT2D eigenvalue weighted by Crippen LogP contribution is 1.95. The summed E-state index contributed by atoms with van der Waals surface area (Å²) in [6.07, 6.45) is 3.10. The summed E-state index contributed by atoms with van der Waals surface area (Å²) in [6, 6.07) is 0. The third-order valence-corrected chi connectivity index (χ3v) is 5.79. The Hall–Kier alpha value is -0.180. The fourth-order valence-electron chi connectivity index (χ4n) is 1.10. The summed E-state index contributed by atoms with van der Waals surface area (Å²) in [5, 5.41) is -0.895. The maximum atomic E-state index is 11.4. The Balaban J connectivity index is 4.19. The SMILES string of the molecule is CCCCNS(=O)(=O)CS(=O)(=O)NCCCC. The van der Waals surface area contributed by atoms with Crippen molar-refractivity contribution in [2.45, 2.75) is 39.5 Å². The first-order valence-corrected chi connectivity index (χ1v) is 9.08. The first kappa shape index (κ1) is 16.8. The lowest BCUT2D eigenvalue weighted by molar-refractivity contribution is 0.570. The van der Waals surface area contributed by atoms with Crippen molar-refractivity contribution < 1.29 is 16.8 Å². The molecule has 0 saturated carbocycles. The van der Waals surface area contributed by atoms with Crippen LogP contribution in [0.15, 0.2) is 0 Å². The smallest absolute Gasteiger partial charge is 0.214 e. The number of nitrogens with one attached hydrogen (secondary N) is 2. The minimum absolute atomic E-state index is 0.281. The number of rotatable bonds is 10. The molecule has 0 aromatic rings. The zero-order chi connectivity index (χ0) is 13.4. The van der Waals surface area contributed by atoms with Crippen LogP contribution in [0.25, 0.3) is 0 Å². The Morgan fingerprint density at radius 3 is 1.41 bits per heavy atom. The van der Waals surface area contributed by atoms with Crippen molar-refractivity contribution in [1.82, 2.24) is 9.44 Å². The minimum atomic E-state index is -3.75. The minimum Gasteiger partial charge on any atom is -0.214 e. The van der Waals surface area contributed by atoms with Gasteiger partial charge in [-0.3, -0.25) is 0 Å². The molecule has 104 valence electrons. The maximum Gasteiger partial charge on any atom is 0.227 e. The fourth-order valence-corrected chi connectivity index (χ4v) is 4.31. The predicted molar refractivity (Wildman–Crippen MR) is 68.5 cm³/mol. The first-order chi connectivity index (χ1) is 7.83. The molecule has 0 aromatic heterocycles. The molecule has 0 aromatic carbocycles. The van der Waals surface area contributed by atoms with Gasteiger partial charge in [-0.15, -0.1) is 0 Å².